The standard InChI is InChI=1S/C30H23F2NO3/c1-17(13-28(34)33-27-14-20(31)11-12-26(27)32)23-15-24-25(16-36-30(24)18(2)29(23)35-3)22-10-6-8-19-7-4-5-9-21(19)22/h4-16H,1-3H3,(H,33,34)/b17-13+. The zero-order chi connectivity index (χ0) is 25.4. The SMILES string of the molecule is COc1c(/C(C)=C/C(=O)Nc2cc(F)ccc2F)cc2c(-c3cccc4ccccc34)coc2c1C. The van der Waals surface area contributed by atoms with Crippen LogP contribution >= 0.6 is 0 Å². The number of amides is 1. The molecule has 0 saturated carbocycles. The number of allylic oxidation sites excluding steroid dienone is 1. The zero-order valence-electron chi connectivity index (χ0n) is 20.0. The normalized spacial score (nSPS) is 11.8. The molecule has 1 aromatic heterocycles. The molecule has 0 bridgehead atoms. The van der Waals surface area contributed by atoms with Gasteiger partial charge in [0.2, 0.25) is 5.91 Å². The van der Waals surface area contributed by atoms with Crippen molar-refractivity contribution in [3.8, 4) is 16.9 Å². The van der Waals surface area contributed by atoms with Gasteiger partial charge in [0, 0.05) is 34.2 Å². The maximum atomic E-state index is 14.0. The molecule has 5 aromatic rings. The summed E-state index contributed by atoms with van der Waals surface area (Å²) in [6.45, 7) is 3.67. The van der Waals surface area contributed by atoms with Crippen molar-refractivity contribution in [3.63, 3.8) is 0 Å². The van der Waals surface area contributed by atoms with Crippen LogP contribution in [0.4, 0.5) is 14.5 Å². The van der Waals surface area contributed by atoms with E-state index in [0.717, 1.165) is 51.0 Å². The molecule has 1 heterocycles. The van der Waals surface area contributed by atoms with E-state index in [4.69, 9.17) is 9.15 Å². The fourth-order valence-electron chi connectivity index (χ4n) is 4.58. The second-order valence-corrected chi connectivity index (χ2v) is 8.58. The zero-order valence-corrected chi connectivity index (χ0v) is 20.0. The van der Waals surface area contributed by atoms with Crippen LogP contribution < -0.4 is 10.1 Å². The summed E-state index contributed by atoms with van der Waals surface area (Å²) in [5.41, 5.74) is 4.50. The van der Waals surface area contributed by atoms with Crippen LogP contribution in [0, 0.1) is 18.6 Å². The maximum absolute atomic E-state index is 14.0. The van der Waals surface area contributed by atoms with Crippen LogP contribution in [0.1, 0.15) is 18.1 Å². The first kappa shape index (κ1) is 23.3. The van der Waals surface area contributed by atoms with Crippen molar-refractivity contribution in [2.75, 3.05) is 12.4 Å². The van der Waals surface area contributed by atoms with Crippen molar-refractivity contribution in [1.82, 2.24) is 0 Å². The van der Waals surface area contributed by atoms with E-state index in [0.29, 0.717) is 22.5 Å². The Bertz CT molecular complexity index is 1660. The molecule has 4 nitrogen and oxygen atoms in total. The maximum Gasteiger partial charge on any atom is 0.248 e. The van der Waals surface area contributed by atoms with E-state index in [2.05, 4.69) is 29.6 Å². The fourth-order valence-corrected chi connectivity index (χ4v) is 4.58. The third-order valence-corrected chi connectivity index (χ3v) is 6.29. The number of hydrogen-bond donors (Lipinski definition) is 1. The highest BCUT2D eigenvalue weighted by Gasteiger charge is 2.20. The number of aryl methyl sites for hydroxylation is 1. The van der Waals surface area contributed by atoms with Crippen molar-refractivity contribution in [2.45, 2.75) is 13.8 Å². The summed E-state index contributed by atoms with van der Waals surface area (Å²) in [6, 6.07) is 19.1. The van der Waals surface area contributed by atoms with Crippen molar-refractivity contribution in [2.24, 2.45) is 0 Å². The summed E-state index contributed by atoms with van der Waals surface area (Å²) in [6.07, 6.45) is 3.08. The van der Waals surface area contributed by atoms with Gasteiger partial charge in [0.25, 0.3) is 0 Å². The highest BCUT2D eigenvalue weighted by Crippen LogP contribution is 2.42. The third kappa shape index (κ3) is 4.11. The molecule has 0 aliphatic heterocycles. The molecule has 180 valence electrons. The molecule has 0 aliphatic carbocycles. The Morgan fingerprint density at radius 3 is 2.56 bits per heavy atom. The molecule has 6 heteroatoms. The first-order valence-corrected chi connectivity index (χ1v) is 11.4. The first-order valence-electron chi connectivity index (χ1n) is 11.4. The van der Waals surface area contributed by atoms with E-state index in [9.17, 15) is 13.6 Å². The van der Waals surface area contributed by atoms with E-state index in [1.54, 1.807) is 20.3 Å². The summed E-state index contributed by atoms with van der Waals surface area (Å²) in [7, 11) is 1.56. The Morgan fingerprint density at radius 1 is 0.972 bits per heavy atom. The highest BCUT2D eigenvalue weighted by atomic mass is 19.1. The van der Waals surface area contributed by atoms with Crippen molar-refractivity contribution < 1.29 is 22.7 Å². The number of fused-ring (bicyclic) bond motifs is 2. The number of halogens is 2. The van der Waals surface area contributed by atoms with Gasteiger partial charge in [-0.3, -0.25) is 4.79 Å². The molecule has 1 N–H and O–H groups in total. The van der Waals surface area contributed by atoms with Gasteiger partial charge in [0.05, 0.1) is 19.1 Å². The lowest BCUT2D eigenvalue weighted by Crippen LogP contribution is -2.10. The Morgan fingerprint density at radius 2 is 1.75 bits per heavy atom. The van der Waals surface area contributed by atoms with Crippen LogP contribution in [0.2, 0.25) is 0 Å². The lowest BCUT2D eigenvalue weighted by Gasteiger charge is -2.14. The molecule has 0 unspecified atom stereocenters. The quantitative estimate of drug-likeness (QED) is 0.259. The Labute approximate surface area is 206 Å². The minimum atomic E-state index is -0.719. The number of carbonyl (C=O) groups excluding carboxylic acids is 1. The van der Waals surface area contributed by atoms with Crippen LogP contribution in [0.5, 0.6) is 5.75 Å². The van der Waals surface area contributed by atoms with Gasteiger partial charge in [0.1, 0.15) is 23.0 Å². The topological polar surface area (TPSA) is 51.5 Å². The molecule has 1 amide bonds. The molecule has 0 saturated heterocycles. The van der Waals surface area contributed by atoms with Crippen LogP contribution in [0.25, 0.3) is 38.4 Å². The number of anilines is 1. The lowest BCUT2D eigenvalue weighted by molar-refractivity contribution is -0.111. The molecule has 36 heavy (non-hydrogen) atoms. The molecule has 5 rings (SSSR count). The minimum absolute atomic E-state index is 0.226. The summed E-state index contributed by atoms with van der Waals surface area (Å²) < 4.78 is 39.2. The fraction of sp³-hybridized carbons (Fsp3) is 0.100. The minimum Gasteiger partial charge on any atom is -0.496 e. The second-order valence-electron chi connectivity index (χ2n) is 8.58. The van der Waals surface area contributed by atoms with Crippen LogP contribution in [0.3, 0.4) is 0 Å². The number of nitrogens with one attached hydrogen (secondary N) is 1. The second kappa shape index (κ2) is 9.30. The third-order valence-electron chi connectivity index (χ3n) is 6.29. The number of benzene rings is 4. The largest absolute Gasteiger partial charge is 0.496 e. The van der Waals surface area contributed by atoms with Gasteiger partial charge in [-0.25, -0.2) is 8.78 Å². The summed E-state index contributed by atoms with van der Waals surface area (Å²) in [4.78, 5) is 12.7. The van der Waals surface area contributed by atoms with Gasteiger partial charge in [0.15, 0.2) is 0 Å². The average molecular weight is 484 g/mol. The van der Waals surface area contributed by atoms with Gasteiger partial charge >= 0.3 is 0 Å². The Hall–Kier alpha value is -4.45. The molecular formula is C30H23F2NO3. The number of rotatable bonds is 5. The smallest absolute Gasteiger partial charge is 0.248 e. The van der Waals surface area contributed by atoms with E-state index >= 15 is 0 Å². The van der Waals surface area contributed by atoms with E-state index in [1.807, 2.05) is 31.2 Å². The predicted molar refractivity (Wildman–Crippen MR) is 139 cm³/mol. The molecule has 0 radical (unpaired) electrons. The van der Waals surface area contributed by atoms with E-state index in [1.165, 1.54) is 6.08 Å². The predicted octanol–water partition coefficient (Wildman–Crippen LogP) is 7.89. The Kier molecular flexibility index (Phi) is 6.02. The number of carbonyl (C=O) groups is 1. The van der Waals surface area contributed by atoms with Crippen molar-refractivity contribution in [1.29, 1.82) is 0 Å². The van der Waals surface area contributed by atoms with Gasteiger partial charge in [-0.1, -0.05) is 42.5 Å². The molecule has 0 atom stereocenters. The van der Waals surface area contributed by atoms with E-state index < -0.39 is 17.5 Å². The number of methoxy groups -OCH3 is 1. The Balaban J connectivity index is 1.61. The van der Waals surface area contributed by atoms with Gasteiger partial charge in [-0.2, -0.15) is 0 Å². The van der Waals surface area contributed by atoms with Crippen molar-refractivity contribution >= 4 is 38.9 Å². The average Bonchev–Trinajstić information content (AvgIpc) is 3.30. The first-order chi connectivity index (χ1) is 17.4. The number of furan rings is 1. The lowest BCUT2D eigenvalue weighted by atomic mass is 9.94. The molecular weight excluding hydrogens is 460 g/mol. The summed E-state index contributed by atoms with van der Waals surface area (Å²) >= 11 is 0. The summed E-state index contributed by atoms with van der Waals surface area (Å²) in [5, 5.41) is 5.50. The van der Waals surface area contributed by atoms with Gasteiger partial charge < -0.3 is 14.5 Å². The van der Waals surface area contributed by atoms with Crippen LogP contribution in [-0.2, 0) is 4.79 Å². The molecule has 0 aliphatic rings. The molecule has 4 aromatic carbocycles. The van der Waals surface area contributed by atoms with Crippen LogP contribution in [0.15, 0.2) is 83.5 Å². The number of ether oxygens (including phenoxy) is 1. The highest BCUT2D eigenvalue weighted by molar-refractivity contribution is 6.08. The van der Waals surface area contributed by atoms with Gasteiger partial charge in [-0.15, -0.1) is 0 Å². The van der Waals surface area contributed by atoms with Crippen LogP contribution in [-0.4, -0.2) is 13.0 Å². The summed E-state index contributed by atoms with van der Waals surface area (Å²) in [5.74, 6) is -1.38. The van der Waals surface area contributed by atoms with Gasteiger partial charge in [-0.05, 0) is 54.0 Å². The van der Waals surface area contributed by atoms with Crippen molar-refractivity contribution in [3.05, 3.63) is 102 Å². The van der Waals surface area contributed by atoms with E-state index in [-0.39, 0.29) is 5.69 Å². The molecule has 0 fully saturated rings. The molecule has 0 spiro atoms. The monoisotopic (exact) mass is 483 g/mol. The number of hydrogen-bond acceptors (Lipinski definition) is 3.